The van der Waals surface area contributed by atoms with Crippen LogP contribution in [0, 0.1) is 0 Å². The number of benzene rings is 3. The van der Waals surface area contributed by atoms with Crippen molar-refractivity contribution >= 4 is 33.8 Å². The molecule has 0 amide bonds. The largest absolute Gasteiger partial charge is 0.337 e. The number of hydrogen-bond acceptors (Lipinski definition) is 8. The molecule has 0 radical (unpaired) electrons. The molecule has 0 saturated heterocycles. The topological polar surface area (TPSA) is 129 Å². The van der Waals surface area contributed by atoms with Gasteiger partial charge >= 0.3 is 0 Å². The van der Waals surface area contributed by atoms with Gasteiger partial charge in [0.2, 0.25) is 0 Å². The molecule has 0 bridgehead atoms. The smallest absolute Gasteiger partial charge is 0.198 e. The Labute approximate surface area is 255 Å². The van der Waals surface area contributed by atoms with Gasteiger partial charge < -0.3 is 4.98 Å². The average Bonchev–Trinajstić information content (AvgIpc) is 3.82. The number of pyridine rings is 1. The number of nitrogens with one attached hydrogen (secondary N) is 1. The molecule has 1 N–H and O–H groups in total. The van der Waals surface area contributed by atoms with E-state index in [-0.39, 0.29) is 0 Å². The van der Waals surface area contributed by atoms with Gasteiger partial charge in [-0.1, -0.05) is 36.4 Å². The highest BCUT2D eigenvalue weighted by molar-refractivity contribution is 5.85. The third-order valence-corrected chi connectivity index (χ3v) is 7.60. The number of para-hydroxylation sites is 2. The Balaban J connectivity index is 1.36. The van der Waals surface area contributed by atoms with E-state index in [0.717, 1.165) is 33.6 Å². The molecule has 45 heavy (non-hydrogen) atoms. The van der Waals surface area contributed by atoms with Crippen molar-refractivity contribution in [2.24, 2.45) is 0 Å². The van der Waals surface area contributed by atoms with Crippen molar-refractivity contribution in [3.8, 4) is 45.5 Å². The van der Waals surface area contributed by atoms with Crippen molar-refractivity contribution < 1.29 is 0 Å². The summed E-state index contributed by atoms with van der Waals surface area (Å²) in [5, 5.41) is 0. The summed E-state index contributed by atoms with van der Waals surface area (Å²) in [7, 11) is 0. The minimum atomic E-state index is 0.543. The highest BCUT2D eigenvalue weighted by Gasteiger charge is 2.22. The molecule has 6 heterocycles. The van der Waals surface area contributed by atoms with Crippen molar-refractivity contribution in [3.05, 3.63) is 122 Å². The lowest BCUT2D eigenvalue weighted by Gasteiger charge is -2.13. The van der Waals surface area contributed by atoms with Crippen LogP contribution in [0.15, 0.2) is 122 Å². The molecule has 9 rings (SSSR count). The number of aromatic amines is 1. The Morgan fingerprint density at radius 1 is 0.444 bits per heavy atom. The van der Waals surface area contributed by atoms with E-state index in [1.165, 1.54) is 0 Å². The van der Waals surface area contributed by atoms with Crippen LogP contribution in [0.2, 0.25) is 0 Å². The molecule has 3 aromatic carbocycles. The van der Waals surface area contributed by atoms with Crippen LogP contribution in [0.4, 0.5) is 0 Å². The third kappa shape index (κ3) is 4.13. The van der Waals surface area contributed by atoms with Crippen LogP contribution in [0.1, 0.15) is 0 Å². The molecule has 0 spiro atoms. The summed E-state index contributed by atoms with van der Waals surface area (Å²) in [5.41, 5.74) is 8.19. The lowest BCUT2D eigenvalue weighted by atomic mass is 10.0. The van der Waals surface area contributed by atoms with E-state index in [9.17, 15) is 0 Å². The Kier molecular flexibility index (Phi) is 5.53. The maximum absolute atomic E-state index is 4.99. The van der Waals surface area contributed by atoms with E-state index in [0.29, 0.717) is 45.7 Å². The molecule has 0 fully saturated rings. The van der Waals surface area contributed by atoms with E-state index in [1.54, 1.807) is 31.0 Å². The number of hydrogen-bond donors (Lipinski definition) is 1. The van der Waals surface area contributed by atoms with Gasteiger partial charge in [0, 0.05) is 59.0 Å². The number of rotatable bonds is 5. The van der Waals surface area contributed by atoms with E-state index in [2.05, 4.69) is 48.1 Å². The molecule has 0 aliphatic carbocycles. The van der Waals surface area contributed by atoms with Gasteiger partial charge in [-0.15, -0.1) is 0 Å². The number of fused-ring (bicyclic) bond motifs is 3. The minimum absolute atomic E-state index is 0.543. The van der Waals surface area contributed by atoms with Crippen LogP contribution >= 0.6 is 0 Å². The fraction of sp³-hybridized carbons (Fsp3) is 0. The summed E-state index contributed by atoms with van der Waals surface area (Å²) >= 11 is 0. The molecular weight excluding hydrogens is 562 g/mol. The van der Waals surface area contributed by atoms with E-state index in [4.69, 9.17) is 15.0 Å². The monoisotopic (exact) mass is 583 g/mol. The predicted molar refractivity (Wildman–Crippen MR) is 171 cm³/mol. The molecule has 9 aromatic rings. The quantitative estimate of drug-likeness (QED) is 0.253. The SMILES string of the molecule is c1ccc(-n2c(-c3cc(-c4nc5ncccc5[nH]4)cc(-c4nc5nccnc5n4-c4ccccc4)c3)nc3nccnc32)cc1. The molecule has 0 unspecified atom stereocenters. The van der Waals surface area contributed by atoms with Crippen LogP contribution < -0.4 is 0 Å². The molecule has 212 valence electrons. The van der Waals surface area contributed by atoms with Crippen LogP contribution in [-0.2, 0) is 0 Å². The van der Waals surface area contributed by atoms with Gasteiger partial charge in [-0.3, -0.25) is 9.13 Å². The lowest BCUT2D eigenvalue weighted by Crippen LogP contribution is -2.01. The second-order valence-electron chi connectivity index (χ2n) is 10.4. The number of H-pyrrole nitrogens is 1. The van der Waals surface area contributed by atoms with Gasteiger partial charge in [-0.25, -0.2) is 39.9 Å². The van der Waals surface area contributed by atoms with Crippen LogP contribution in [0.5, 0.6) is 0 Å². The first-order valence-electron chi connectivity index (χ1n) is 14.3. The molecule has 0 atom stereocenters. The molecule has 6 aromatic heterocycles. The zero-order chi connectivity index (χ0) is 29.7. The normalized spacial score (nSPS) is 11.6. The van der Waals surface area contributed by atoms with Crippen molar-refractivity contribution in [1.29, 1.82) is 0 Å². The van der Waals surface area contributed by atoms with Gasteiger partial charge in [-0.05, 0) is 54.6 Å². The third-order valence-electron chi connectivity index (χ3n) is 7.60. The predicted octanol–water partition coefficient (Wildman–Crippen LogP) is 6.22. The zero-order valence-electron chi connectivity index (χ0n) is 23.5. The summed E-state index contributed by atoms with van der Waals surface area (Å²) < 4.78 is 4.05. The summed E-state index contributed by atoms with van der Waals surface area (Å²) in [6, 6.07) is 30.1. The number of imidazole rings is 3. The minimum Gasteiger partial charge on any atom is -0.337 e. The maximum Gasteiger partial charge on any atom is 0.198 e. The molecule has 11 nitrogen and oxygen atoms in total. The summed E-state index contributed by atoms with van der Waals surface area (Å²) in [4.78, 5) is 41.1. The van der Waals surface area contributed by atoms with E-state index < -0.39 is 0 Å². The van der Waals surface area contributed by atoms with Gasteiger partial charge in [0.05, 0.1) is 5.52 Å². The fourth-order valence-corrected chi connectivity index (χ4v) is 5.66. The molecule has 0 aliphatic heterocycles. The Bertz CT molecular complexity index is 2330. The van der Waals surface area contributed by atoms with Gasteiger partial charge in [0.15, 0.2) is 28.2 Å². The standard InChI is InChI=1S/C34H21N11/c1-3-8-24(9-4-1)44-31(42-29-33(44)38-16-14-36-29)22-18-21(27-40-26-12-7-13-35-28(26)41-27)19-23(20-22)32-43-30-34(39-17-15-37-30)45(32)25-10-5-2-6-11-25/h1-20H,(H,35,40,41). The second-order valence-corrected chi connectivity index (χ2v) is 10.4. The van der Waals surface area contributed by atoms with Crippen molar-refractivity contribution in [2.75, 3.05) is 0 Å². The fourth-order valence-electron chi connectivity index (χ4n) is 5.66. The van der Waals surface area contributed by atoms with Crippen molar-refractivity contribution in [1.82, 2.24) is 54.0 Å². The average molecular weight is 584 g/mol. The molecule has 0 saturated carbocycles. The summed E-state index contributed by atoms with van der Waals surface area (Å²) in [6.45, 7) is 0. The lowest BCUT2D eigenvalue weighted by molar-refractivity contribution is 1.07. The van der Waals surface area contributed by atoms with Crippen LogP contribution in [-0.4, -0.2) is 54.0 Å². The van der Waals surface area contributed by atoms with Crippen molar-refractivity contribution in [3.63, 3.8) is 0 Å². The van der Waals surface area contributed by atoms with Crippen LogP contribution in [0.25, 0.3) is 79.3 Å². The maximum atomic E-state index is 4.99. The number of nitrogens with zero attached hydrogens (tertiary/aromatic N) is 10. The molecular formula is C34H21N11. The van der Waals surface area contributed by atoms with Crippen LogP contribution in [0.3, 0.4) is 0 Å². The highest BCUT2D eigenvalue weighted by atomic mass is 15.2. The van der Waals surface area contributed by atoms with Gasteiger partial charge in [0.25, 0.3) is 0 Å². The highest BCUT2D eigenvalue weighted by Crippen LogP contribution is 2.36. The summed E-state index contributed by atoms with van der Waals surface area (Å²) in [5.74, 6) is 2.03. The number of aromatic nitrogens is 11. The first-order chi connectivity index (χ1) is 22.3. The van der Waals surface area contributed by atoms with Gasteiger partial charge in [0.1, 0.15) is 17.5 Å². The Morgan fingerprint density at radius 2 is 0.956 bits per heavy atom. The Morgan fingerprint density at radius 3 is 1.51 bits per heavy atom. The Hall–Kier alpha value is -6.62. The molecule has 11 heteroatoms. The first-order valence-corrected chi connectivity index (χ1v) is 14.3. The molecule has 0 aliphatic rings. The van der Waals surface area contributed by atoms with E-state index in [1.807, 2.05) is 81.9 Å². The zero-order valence-corrected chi connectivity index (χ0v) is 23.5. The van der Waals surface area contributed by atoms with Crippen molar-refractivity contribution in [2.45, 2.75) is 0 Å². The second kappa shape index (κ2) is 9.99. The summed E-state index contributed by atoms with van der Waals surface area (Å²) in [6.07, 6.45) is 8.40. The van der Waals surface area contributed by atoms with E-state index >= 15 is 0 Å². The first kappa shape index (κ1) is 24.9. The van der Waals surface area contributed by atoms with Gasteiger partial charge in [-0.2, -0.15) is 0 Å².